The van der Waals surface area contributed by atoms with Gasteiger partial charge in [-0.25, -0.2) is 4.98 Å². The smallest absolute Gasteiger partial charge is 0.185 e. The molecule has 0 aliphatic heterocycles. The number of hydrogen-bond acceptors (Lipinski definition) is 2. The first-order valence-corrected chi connectivity index (χ1v) is 5.67. The molecule has 3 nitrogen and oxygen atoms in total. The Morgan fingerprint density at radius 3 is 2.85 bits per heavy atom. The number of benzene rings is 1. The molecule has 0 saturated heterocycles. The maximum absolute atomic E-state index is 10.5. The number of halogens is 2. The van der Waals surface area contributed by atoms with Crippen LogP contribution in [0.25, 0.3) is 11.0 Å². The molecule has 0 aliphatic rings. The normalized spacial score (nSPS) is 10.6. The lowest BCUT2D eigenvalue weighted by atomic mass is 10.3. The van der Waals surface area contributed by atoms with Gasteiger partial charge in [0, 0.05) is 3.57 Å². The van der Waals surface area contributed by atoms with Crippen LogP contribution in [0.15, 0.2) is 12.1 Å². The highest BCUT2D eigenvalue weighted by Crippen LogP contribution is 2.23. The van der Waals surface area contributed by atoms with Crippen LogP contribution in [-0.4, -0.2) is 16.3 Å². The largest absolute Gasteiger partial charge is 0.336 e. The zero-order chi connectivity index (χ0) is 9.42. The maximum atomic E-state index is 10.5. The summed E-state index contributed by atoms with van der Waals surface area (Å²) in [5.74, 6) is 0.384. The van der Waals surface area contributed by atoms with Crippen LogP contribution in [0.1, 0.15) is 10.6 Å². The number of aromatic nitrogens is 2. The summed E-state index contributed by atoms with van der Waals surface area (Å²) in [5, 5.41) is 0. The van der Waals surface area contributed by atoms with E-state index in [1.165, 1.54) is 0 Å². The molecule has 0 radical (unpaired) electrons. The SMILES string of the molecule is O=Cc1nc2c(I)c(I)ccc2[nH]1. The first kappa shape index (κ1) is 9.38. The minimum atomic E-state index is 0.384. The molecule has 1 aromatic heterocycles. The van der Waals surface area contributed by atoms with E-state index in [1.807, 2.05) is 12.1 Å². The third-order valence-corrected chi connectivity index (χ3v) is 4.70. The summed E-state index contributed by atoms with van der Waals surface area (Å²) in [4.78, 5) is 17.6. The second-order valence-electron chi connectivity index (χ2n) is 2.50. The summed E-state index contributed by atoms with van der Waals surface area (Å²) in [6.45, 7) is 0. The standard InChI is InChI=1S/C8H4I2N2O/c9-4-1-2-5-8(7(4)10)12-6(3-13)11-5/h1-3H,(H,11,12). The Hall–Kier alpha value is -0.180. The van der Waals surface area contributed by atoms with Crippen LogP contribution in [0.3, 0.4) is 0 Å². The first-order chi connectivity index (χ1) is 6.22. The van der Waals surface area contributed by atoms with Crippen LogP contribution in [0.4, 0.5) is 0 Å². The fourth-order valence-corrected chi connectivity index (χ4v) is 2.12. The molecule has 0 spiro atoms. The van der Waals surface area contributed by atoms with Crippen molar-refractivity contribution in [2.45, 2.75) is 0 Å². The van der Waals surface area contributed by atoms with Gasteiger partial charge in [-0.1, -0.05) is 0 Å². The van der Waals surface area contributed by atoms with Crippen LogP contribution in [0.2, 0.25) is 0 Å². The zero-order valence-electron chi connectivity index (χ0n) is 6.34. The minimum Gasteiger partial charge on any atom is -0.336 e. The minimum absolute atomic E-state index is 0.384. The van der Waals surface area contributed by atoms with Crippen molar-refractivity contribution in [1.82, 2.24) is 9.97 Å². The Labute approximate surface area is 102 Å². The molecule has 0 amide bonds. The molecule has 0 saturated carbocycles. The molecular weight excluding hydrogens is 394 g/mol. The van der Waals surface area contributed by atoms with E-state index in [1.54, 1.807) is 0 Å². The summed E-state index contributed by atoms with van der Waals surface area (Å²) in [7, 11) is 0. The molecule has 2 aromatic rings. The number of carbonyl (C=O) groups excluding carboxylic acids is 1. The molecule has 0 atom stereocenters. The van der Waals surface area contributed by atoms with E-state index < -0.39 is 0 Å². The van der Waals surface area contributed by atoms with E-state index in [9.17, 15) is 4.79 Å². The van der Waals surface area contributed by atoms with Gasteiger partial charge in [0.1, 0.15) is 5.52 Å². The van der Waals surface area contributed by atoms with Gasteiger partial charge in [0.2, 0.25) is 0 Å². The van der Waals surface area contributed by atoms with Gasteiger partial charge in [-0.15, -0.1) is 0 Å². The van der Waals surface area contributed by atoms with Gasteiger partial charge >= 0.3 is 0 Å². The number of carbonyl (C=O) groups is 1. The Balaban J connectivity index is 2.83. The summed E-state index contributed by atoms with van der Waals surface area (Å²) in [5.41, 5.74) is 1.78. The lowest BCUT2D eigenvalue weighted by molar-refractivity contribution is 0.111. The second kappa shape index (κ2) is 3.52. The number of hydrogen-bond donors (Lipinski definition) is 1. The Morgan fingerprint density at radius 1 is 1.38 bits per heavy atom. The molecule has 2 rings (SSSR count). The molecule has 0 unspecified atom stereocenters. The summed E-state index contributed by atoms with van der Waals surface area (Å²) < 4.78 is 2.23. The molecule has 13 heavy (non-hydrogen) atoms. The van der Waals surface area contributed by atoms with Crippen molar-refractivity contribution in [1.29, 1.82) is 0 Å². The molecular formula is C8H4I2N2O. The van der Waals surface area contributed by atoms with Crippen molar-refractivity contribution >= 4 is 62.5 Å². The van der Waals surface area contributed by atoms with Crippen molar-refractivity contribution < 1.29 is 4.79 Å². The maximum Gasteiger partial charge on any atom is 0.185 e. The Morgan fingerprint density at radius 2 is 2.15 bits per heavy atom. The summed E-state index contributed by atoms with van der Waals surface area (Å²) >= 11 is 4.47. The quantitative estimate of drug-likeness (QED) is 0.593. The lowest BCUT2D eigenvalue weighted by Gasteiger charge is -1.94. The molecule has 0 aliphatic carbocycles. The van der Waals surface area contributed by atoms with E-state index in [0.29, 0.717) is 5.82 Å². The van der Waals surface area contributed by atoms with Crippen molar-refractivity contribution in [2.75, 3.05) is 0 Å². The number of nitrogens with zero attached hydrogens (tertiary/aromatic N) is 1. The van der Waals surface area contributed by atoms with Gasteiger partial charge in [-0.05, 0) is 57.3 Å². The van der Waals surface area contributed by atoms with Crippen LogP contribution < -0.4 is 0 Å². The summed E-state index contributed by atoms with van der Waals surface area (Å²) in [6, 6.07) is 3.93. The fourth-order valence-electron chi connectivity index (χ4n) is 1.09. The number of nitrogens with one attached hydrogen (secondary N) is 1. The lowest BCUT2D eigenvalue weighted by Crippen LogP contribution is -1.81. The average Bonchev–Trinajstić information content (AvgIpc) is 2.55. The van der Waals surface area contributed by atoms with Crippen molar-refractivity contribution in [2.24, 2.45) is 0 Å². The number of H-pyrrole nitrogens is 1. The summed E-state index contributed by atoms with van der Waals surface area (Å²) in [6.07, 6.45) is 0.725. The molecule has 1 N–H and O–H groups in total. The van der Waals surface area contributed by atoms with E-state index in [2.05, 4.69) is 55.1 Å². The number of rotatable bonds is 1. The highest BCUT2D eigenvalue weighted by molar-refractivity contribution is 14.1. The zero-order valence-corrected chi connectivity index (χ0v) is 10.7. The van der Waals surface area contributed by atoms with E-state index in [4.69, 9.17) is 0 Å². The predicted molar refractivity (Wildman–Crippen MR) is 66.9 cm³/mol. The Kier molecular flexibility index (Phi) is 2.54. The van der Waals surface area contributed by atoms with E-state index >= 15 is 0 Å². The molecule has 1 heterocycles. The first-order valence-electron chi connectivity index (χ1n) is 3.51. The van der Waals surface area contributed by atoms with Gasteiger partial charge in [-0.2, -0.15) is 0 Å². The fraction of sp³-hybridized carbons (Fsp3) is 0. The molecule has 0 bridgehead atoms. The van der Waals surface area contributed by atoms with Crippen LogP contribution >= 0.6 is 45.2 Å². The average molecular weight is 398 g/mol. The van der Waals surface area contributed by atoms with Crippen molar-refractivity contribution in [3.63, 3.8) is 0 Å². The van der Waals surface area contributed by atoms with Gasteiger partial charge in [-0.3, -0.25) is 4.79 Å². The van der Waals surface area contributed by atoms with E-state index in [-0.39, 0.29) is 0 Å². The Bertz CT molecular complexity index is 478. The van der Waals surface area contributed by atoms with Crippen molar-refractivity contribution in [3.05, 3.63) is 25.1 Å². The van der Waals surface area contributed by atoms with Gasteiger partial charge < -0.3 is 4.98 Å². The molecule has 0 fully saturated rings. The number of fused-ring (bicyclic) bond motifs is 1. The second-order valence-corrected chi connectivity index (χ2v) is 4.74. The third-order valence-electron chi connectivity index (χ3n) is 1.68. The predicted octanol–water partition coefficient (Wildman–Crippen LogP) is 2.58. The van der Waals surface area contributed by atoms with E-state index in [0.717, 1.165) is 24.5 Å². The van der Waals surface area contributed by atoms with Crippen molar-refractivity contribution in [3.8, 4) is 0 Å². The molecule has 1 aromatic carbocycles. The monoisotopic (exact) mass is 398 g/mol. The third kappa shape index (κ3) is 1.58. The highest BCUT2D eigenvalue weighted by Gasteiger charge is 2.07. The molecule has 66 valence electrons. The number of aldehydes is 1. The van der Waals surface area contributed by atoms with Crippen LogP contribution in [0.5, 0.6) is 0 Å². The number of imidazole rings is 1. The van der Waals surface area contributed by atoms with Gasteiger partial charge in [0.25, 0.3) is 0 Å². The van der Waals surface area contributed by atoms with Crippen LogP contribution in [-0.2, 0) is 0 Å². The molecule has 5 heteroatoms. The van der Waals surface area contributed by atoms with Crippen LogP contribution in [0, 0.1) is 7.14 Å². The van der Waals surface area contributed by atoms with Gasteiger partial charge in [0.05, 0.1) is 9.09 Å². The topological polar surface area (TPSA) is 45.8 Å². The van der Waals surface area contributed by atoms with Gasteiger partial charge in [0.15, 0.2) is 12.1 Å². The highest BCUT2D eigenvalue weighted by atomic mass is 127. The number of aromatic amines is 1.